The van der Waals surface area contributed by atoms with Crippen LogP contribution in [0, 0.1) is 0 Å². The number of hydrogen-bond donors (Lipinski definition) is 3. The normalized spacial score (nSPS) is 11.8. The molecule has 7 heteroatoms. The molecular formula is C18H19N5O2. The van der Waals surface area contributed by atoms with Crippen molar-refractivity contribution in [3.8, 4) is 5.69 Å². The van der Waals surface area contributed by atoms with E-state index < -0.39 is 12.5 Å². The second kappa shape index (κ2) is 7.59. The van der Waals surface area contributed by atoms with Crippen molar-refractivity contribution in [1.29, 1.82) is 0 Å². The largest absolute Gasteiger partial charge is 0.387 e. The zero-order valence-corrected chi connectivity index (χ0v) is 13.8. The molecule has 3 rings (SSSR count). The number of hydrogen-bond acceptors (Lipinski definition) is 5. The van der Waals surface area contributed by atoms with Gasteiger partial charge in [-0.05, 0) is 37.3 Å². The Kier molecular flexibility index (Phi) is 5.06. The number of para-hydroxylation sites is 1. The molecule has 25 heavy (non-hydrogen) atoms. The van der Waals surface area contributed by atoms with Gasteiger partial charge in [-0.2, -0.15) is 0 Å². The summed E-state index contributed by atoms with van der Waals surface area (Å²) in [5.41, 5.74) is 3.19. The highest BCUT2D eigenvalue weighted by molar-refractivity contribution is 5.91. The van der Waals surface area contributed by atoms with Gasteiger partial charge in [0.2, 0.25) is 5.91 Å². The number of anilines is 2. The lowest BCUT2D eigenvalue weighted by atomic mass is 10.2. The van der Waals surface area contributed by atoms with E-state index in [1.807, 2.05) is 55.6 Å². The number of aromatic nitrogens is 3. The molecule has 0 saturated heterocycles. The van der Waals surface area contributed by atoms with Gasteiger partial charge in [0.25, 0.3) is 0 Å². The maximum atomic E-state index is 11.3. The maximum absolute atomic E-state index is 11.3. The minimum absolute atomic E-state index is 0.0683. The molecule has 0 saturated carbocycles. The predicted molar refractivity (Wildman–Crippen MR) is 95.6 cm³/mol. The molecule has 0 aliphatic rings. The number of carbonyl (C=O) groups excluding carboxylic acids is 1. The molecule has 3 aromatic rings. The number of aliphatic hydroxyl groups excluding tert-OH is 1. The summed E-state index contributed by atoms with van der Waals surface area (Å²) in [7, 11) is 0. The van der Waals surface area contributed by atoms with Crippen LogP contribution in [0.15, 0.2) is 60.8 Å². The summed E-state index contributed by atoms with van der Waals surface area (Å²) in [5.74, 6) is -0.448. The number of carbonyl (C=O) groups is 1. The lowest BCUT2D eigenvalue weighted by molar-refractivity contribution is -0.118. The molecular weight excluding hydrogens is 318 g/mol. The molecule has 7 nitrogen and oxygen atoms in total. The molecule has 0 fully saturated rings. The Morgan fingerprint density at radius 2 is 1.92 bits per heavy atom. The van der Waals surface area contributed by atoms with Gasteiger partial charge >= 0.3 is 0 Å². The van der Waals surface area contributed by atoms with Crippen LogP contribution in [0.5, 0.6) is 0 Å². The molecule has 128 valence electrons. The summed E-state index contributed by atoms with van der Waals surface area (Å²) in [4.78, 5) is 11.3. The zero-order chi connectivity index (χ0) is 17.6. The Morgan fingerprint density at radius 1 is 1.16 bits per heavy atom. The molecule has 1 amide bonds. The number of aliphatic hydroxyl groups is 1. The molecule has 0 spiro atoms. The van der Waals surface area contributed by atoms with E-state index >= 15 is 0 Å². The monoisotopic (exact) mass is 337 g/mol. The van der Waals surface area contributed by atoms with Gasteiger partial charge in [-0.15, -0.1) is 5.10 Å². The van der Waals surface area contributed by atoms with Crippen LogP contribution in [0.25, 0.3) is 5.69 Å². The molecule has 1 heterocycles. The van der Waals surface area contributed by atoms with Crippen LogP contribution >= 0.6 is 0 Å². The molecule has 0 bridgehead atoms. The van der Waals surface area contributed by atoms with Gasteiger partial charge in [-0.25, -0.2) is 4.68 Å². The molecule has 0 unspecified atom stereocenters. The fourth-order valence-electron chi connectivity index (χ4n) is 2.39. The molecule has 0 aliphatic carbocycles. The van der Waals surface area contributed by atoms with Crippen LogP contribution in [0.1, 0.15) is 18.7 Å². The quantitative estimate of drug-likeness (QED) is 0.642. The van der Waals surface area contributed by atoms with Crippen LogP contribution in [-0.4, -0.2) is 32.6 Å². The van der Waals surface area contributed by atoms with Gasteiger partial charge in [-0.3, -0.25) is 4.79 Å². The fourth-order valence-corrected chi connectivity index (χ4v) is 2.39. The standard InChI is InChI=1S/C18H19N5O2/c1-13(17-11-23(22-21-17)16-8-3-2-4-9-16)19-14-6-5-7-15(10-14)20-18(25)12-24/h2-11,13,19,24H,12H2,1H3,(H,20,25)/t13-/m1/s1. The third-order valence-corrected chi connectivity index (χ3v) is 3.65. The van der Waals surface area contributed by atoms with Crippen LogP contribution in [0.4, 0.5) is 11.4 Å². The predicted octanol–water partition coefficient (Wildman–Crippen LogP) is 2.37. The van der Waals surface area contributed by atoms with E-state index in [9.17, 15) is 4.79 Å². The minimum Gasteiger partial charge on any atom is -0.387 e. The fraction of sp³-hybridized carbons (Fsp3) is 0.167. The lowest BCUT2D eigenvalue weighted by Gasteiger charge is -2.13. The Balaban J connectivity index is 1.70. The number of nitrogens with one attached hydrogen (secondary N) is 2. The van der Waals surface area contributed by atoms with E-state index in [0.717, 1.165) is 17.1 Å². The highest BCUT2D eigenvalue weighted by Crippen LogP contribution is 2.21. The van der Waals surface area contributed by atoms with Crippen molar-refractivity contribution >= 4 is 17.3 Å². The molecule has 3 N–H and O–H groups in total. The topological polar surface area (TPSA) is 92.1 Å². The Morgan fingerprint density at radius 3 is 2.68 bits per heavy atom. The first kappa shape index (κ1) is 16.7. The molecule has 0 aliphatic heterocycles. The average Bonchev–Trinajstić information content (AvgIpc) is 3.13. The highest BCUT2D eigenvalue weighted by Gasteiger charge is 2.11. The highest BCUT2D eigenvalue weighted by atomic mass is 16.3. The lowest BCUT2D eigenvalue weighted by Crippen LogP contribution is -2.15. The van der Waals surface area contributed by atoms with Crippen molar-refractivity contribution in [3.63, 3.8) is 0 Å². The van der Waals surface area contributed by atoms with Gasteiger partial charge in [0.05, 0.1) is 17.9 Å². The van der Waals surface area contributed by atoms with Gasteiger partial charge in [0.15, 0.2) is 0 Å². The van der Waals surface area contributed by atoms with E-state index in [4.69, 9.17) is 5.11 Å². The van der Waals surface area contributed by atoms with Crippen LogP contribution in [0.2, 0.25) is 0 Å². The molecule has 0 radical (unpaired) electrons. The second-order valence-electron chi connectivity index (χ2n) is 5.58. The summed E-state index contributed by atoms with van der Waals surface area (Å²) in [6.45, 7) is 1.44. The zero-order valence-electron chi connectivity index (χ0n) is 13.8. The third kappa shape index (κ3) is 4.21. The second-order valence-corrected chi connectivity index (χ2v) is 5.58. The smallest absolute Gasteiger partial charge is 0.250 e. The minimum atomic E-state index is -0.545. The Bertz CT molecular complexity index is 847. The van der Waals surface area contributed by atoms with E-state index in [2.05, 4.69) is 20.9 Å². The summed E-state index contributed by atoms with van der Waals surface area (Å²) in [5, 5.41) is 23.1. The molecule has 1 aromatic heterocycles. The van der Waals surface area contributed by atoms with Crippen molar-refractivity contribution in [2.75, 3.05) is 17.2 Å². The van der Waals surface area contributed by atoms with E-state index in [-0.39, 0.29) is 6.04 Å². The van der Waals surface area contributed by atoms with Crippen molar-refractivity contribution in [2.24, 2.45) is 0 Å². The summed E-state index contributed by atoms with van der Waals surface area (Å²) < 4.78 is 1.73. The van der Waals surface area contributed by atoms with Gasteiger partial charge in [0.1, 0.15) is 12.3 Å². The first-order valence-corrected chi connectivity index (χ1v) is 7.90. The van der Waals surface area contributed by atoms with Gasteiger partial charge in [-0.1, -0.05) is 29.5 Å². The Labute approximate surface area is 145 Å². The van der Waals surface area contributed by atoms with Gasteiger partial charge in [0, 0.05) is 11.4 Å². The van der Waals surface area contributed by atoms with E-state index in [1.165, 1.54) is 0 Å². The number of rotatable bonds is 6. The van der Waals surface area contributed by atoms with Gasteiger partial charge < -0.3 is 15.7 Å². The molecule has 1 atom stereocenters. The first-order chi connectivity index (χ1) is 12.2. The van der Waals surface area contributed by atoms with Crippen LogP contribution in [0.3, 0.4) is 0 Å². The SMILES string of the molecule is C[C@@H](Nc1cccc(NC(=O)CO)c1)c1cn(-c2ccccc2)nn1. The number of benzene rings is 2. The van der Waals surface area contributed by atoms with Crippen molar-refractivity contribution < 1.29 is 9.90 Å². The van der Waals surface area contributed by atoms with Crippen molar-refractivity contribution in [1.82, 2.24) is 15.0 Å². The Hall–Kier alpha value is -3.19. The van der Waals surface area contributed by atoms with Crippen molar-refractivity contribution in [3.05, 3.63) is 66.5 Å². The van der Waals surface area contributed by atoms with E-state index in [0.29, 0.717) is 5.69 Å². The van der Waals surface area contributed by atoms with Crippen LogP contribution in [-0.2, 0) is 4.79 Å². The first-order valence-electron chi connectivity index (χ1n) is 7.90. The summed E-state index contributed by atoms with van der Waals surface area (Å²) in [6, 6.07) is 17.0. The summed E-state index contributed by atoms with van der Waals surface area (Å²) >= 11 is 0. The number of nitrogens with zero attached hydrogens (tertiary/aromatic N) is 3. The van der Waals surface area contributed by atoms with E-state index in [1.54, 1.807) is 16.8 Å². The average molecular weight is 337 g/mol. The van der Waals surface area contributed by atoms with Crippen LogP contribution < -0.4 is 10.6 Å². The summed E-state index contributed by atoms with van der Waals surface area (Å²) in [6.07, 6.45) is 1.88. The number of amides is 1. The third-order valence-electron chi connectivity index (χ3n) is 3.65. The molecule has 2 aromatic carbocycles. The van der Waals surface area contributed by atoms with Crippen molar-refractivity contribution in [2.45, 2.75) is 13.0 Å². The maximum Gasteiger partial charge on any atom is 0.250 e.